The van der Waals surface area contributed by atoms with Gasteiger partial charge in [0.15, 0.2) is 0 Å². The Morgan fingerprint density at radius 3 is 2.06 bits per heavy atom. The van der Waals surface area contributed by atoms with Gasteiger partial charge in [0.2, 0.25) is 5.91 Å². The maximum Gasteiger partial charge on any atom is 0.225 e. The summed E-state index contributed by atoms with van der Waals surface area (Å²) in [5, 5.41) is 0. The van der Waals surface area contributed by atoms with Gasteiger partial charge in [0.25, 0.3) is 0 Å². The molecule has 0 atom stereocenters. The van der Waals surface area contributed by atoms with E-state index in [9.17, 15) is 4.79 Å². The number of hydrogen-bond donors (Lipinski definition) is 0. The monoisotopic (exact) mass is 223 g/mol. The van der Waals surface area contributed by atoms with Crippen LogP contribution in [0.1, 0.15) is 58.8 Å². The van der Waals surface area contributed by atoms with Crippen LogP contribution in [0.3, 0.4) is 0 Å². The van der Waals surface area contributed by atoms with E-state index in [-0.39, 0.29) is 0 Å². The van der Waals surface area contributed by atoms with Crippen LogP contribution in [0.2, 0.25) is 0 Å². The molecule has 16 heavy (non-hydrogen) atoms. The molecular formula is C14H25NO. The van der Waals surface area contributed by atoms with Crippen molar-refractivity contribution in [1.82, 2.24) is 4.90 Å². The number of carbonyl (C=O) groups excluding carboxylic acids is 1. The van der Waals surface area contributed by atoms with Gasteiger partial charge in [-0.25, -0.2) is 0 Å². The molecule has 0 heterocycles. The average molecular weight is 223 g/mol. The summed E-state index contributed by atoms with van der Waals surface area (Å²) in [5.41, 5.74) is 0.681. The van der Waals surface area contributed by atoms with Gasteiger partial charge < -0.3 is 4.90 Å². The molecule has 0 aromatic heterocycles. The maximum atomic E-state index is 12.2. The first-order valence-corrected chi connectivity index (χ1v) is 6.99. The van der Waals surface area contributed by atoms with Crippen molar-refractivity contribution in [3.63, 3.8) is 0 Å². The predicted octanol–water partition coefficient (Wildman–Crippen LogP) is 3.22. The molecule has 2 aliphatic rings. The predicted molar refractivity (Wildman–Crippen MR) is 66.2 cm³/mol. The van der Waals surface area contributed by atoms with Gasteiger partial charge >= 0.3 is 0 Å². The number of carbonyl (C=O) groups is 1. The lowest BCUT2D eigenvalue weighted by Crippen LogP contribution is -2.41. The molecule has 2 aliphatic carbocycles. The van der Waals surface area contributed by atoms with E-state index in [1.807, 2.05) is 4.90 Å². The standard InChI is InChI=1S/C14H25NO/c1-3-15(4-2)13(16)12-6-10-14(11-7-12)8-5-9-14/h12H,3-11H2,1-2H3. The van der Waals surface area contributed by atoms with E-state index in [2.05, 4.69) is 13.8 Å². The second kappa shape index (κ2) is 4.77. The van der Waals surface area contributed by atoms with Gasteiger partial charge in [-0.3, -0.25) is 4.79 Å². The van der Waals surface area contributed by atoms with Crippen molar-refractivity contribution in [2.45, 2.75) is 58.8 Å². The Kier molecular flexibility index (Phi) is 3.56. The van der Waals surface area contributed by atoms with Gasteiger partial charge in [-0.2, -0.15) is 0 Å². The zero-order valence-electron chi connectivity index (χ0n) is 10.8. The van der Waals surface area contributed by atoms with Crippen molar-refractivity contribution in [3.8, 4) is 0 Å². The lowest BCUT2D eigenvalue weighted by Gasteiger charge is -2.47. The highest BCUT2D eigenvalue weighted by atomic mass is 16.2. The highest BCUT2D eigenvalue weighted by molar-refractivity contribution is 5.78. The Morgan fingerprint density at radius 2 is 1.69 bits per heavy atom. The Morgan fingerprint density at radius 1 is 1.12 bits per heavy atom. The van der Waals surface area contributed by atoms with E-state index >= 15 is 0 Å². The third-order valence-corrected chi connectivity index (χ3v) is 4.88. The molecule has 92 valence electrons. The highest BCUT2D eigenvalue weighted by Crippen LogP contribution is 2.52. The summed E-state index contributed by atoms with van der Waals surface area (Å²) in [6, 6.07) is 0. The van der Waals surface area contributed by atoms with E-state index in [4.69, 9.17) is 0 Å². The first kappa shape index (κ1) is 11.9. The maximum absolute atomic E-state index is 12.2. The molecule has 0 saturated heterocycles. The van der Waals surface area contributed by atoms with Gasteiger partial charge in [0.1, 0.15) is 0 Å². The molecule has 2 fully saturated rings. The fourth-order valence-corrected chi connectivity index (χ4v) is 3.45. The van der Waals surface area contributed by atoms with Crippen molar-refractivity contribution in [3.05, 3.63) is 0 Å². The first-order valence-electron chi connectivity index (χ1n) is 6.99. The summed E-state index contributed by atoms with van der Waals surface area (Å²) < 4.78 is 0. The lowest BCUT2D eigenvalue weighted by atomic mass is 9.59. The molecule has 0 radical (unpaired) electrons. The van der Waals surface area contributed by atoms with E-state index in [1.54, 1.807) is 0 Å². The highest BCUT2D eigenvalue weighted by Gasteiger charge is 2.41. The molecule has 2 rings (SSSR count). The summed E-state index contributed by atoms with van der Waals surface area (Å²) in [4.78, 5) is 14.2. The average Bonchev–Trinajstić information content (AvgIpc) is 2.28. The van der Waals surface area contributed by atoms with Crippen LogP contribution in [-0.4, -0.2) is 23.9 Å². The Labute approximate surface area is 99.4 Å². The largest absolute Gasteiger partial charge is 0.343 e. The van der Waals surface area contributed by atoms with Gasteiger partial charge in [0.05, 0.1) is 0 Å². The van der Waals surface area contributed by atoms with Crippen molar-refractivity contribution >= 4 is 5.91 Å². The number of rotatable bonds is 3. The first-order chi connectivity index (χ1) is 7.71. The summed E-state index contributed by atoms with van der Waals surface area (Å²) in [6.07, 6.45) is 9.20. The van der Waals surface area contributed by atoms with Crippen LogP contribution in [-0.2, 0) is 4.79 Å². The third-order valence-electron chi connectivity index (χ3n) is 4.88. The Bertz CT molecular complexity index is 243. The molecule has 0 aliphatic heterocycles. The summed E-state index contributed by atoms with van der Waals surface area (Å²) in [7, 11) is 0. The second-order valence-corrected chi connectivity index (χ2v) is 5.64. The van der Waals surface area contributed by atoms with Gasteiger partial charge in [0, 0.05) is 19.0 Å². The van der Waals surface area contributed by atoms with Crippen LogP contribution in [0.4, 0.5) is 0 Å². The molecule has 0 N–H and O–H groups in total. The fraction of sp³-hybridized carbons (Fsp3) is 0.929. The van der Waals surface area contributed by atoms with Crippen LogP contribution in [0, 0.1) is 11.3 Å². The molecule has 0 aromatic carbocycles. The van der Waals surface area contributed by atoms with Crippen molar-refractivity contribution < 1.29 is 4.79 Å². The van der Waals surface area contributed by atoms with Crippen molar-refractivity contribution in [1.29, 1.82) is 0 Å². The topological polar surface area (TPSA) is 20.3 Å². The zero-order chi connectivity index (χ0) is 11.6. The number of nitrogens with zero attached hydrogens (tertiary/aromatic N) is 1. The summed E-state index contributed by atoms with van der Waals surface area (Å²) >= 11 is 0. The quantitative estimate of drug-likeness (QED) is 0.719. The summed E-state index contributed by atoms with van der Waals surface area (Å²) in [5.74, 6) is 0.755. The molecule has 2 saturated carbocycles. The molecule has 1 spiro atoms. The smallest absolute Gasteiger partial charge is 0.225 e. The van der Waals surface area contributed by atoms with E-state index in [1.165, 1.54) is 32.1 Å². The SMILES string of the molecule is CCN(CC)C(=O)C1CCC2(CCC2)CC1. The molecule has 0 unspecified atom stereocenters. The summed E-state index contributed by atoms with van der Waals surface area (Å²) in [6.45, 7) is 5.91. The molecule has 0 bridgehead atoms. The normalized spacial score (nSPS) is 24.1. The minimum absolute atomic E-state index is 0.339. The van der Waals surface area contributed by atoms with E-state index in [0.717, 1.165) is 25.9 Å². The van der Waals surface area contributed by atoms with Crippen LogP contribution < -0.4 is 0 Å². The van der Waals surface area contributed by atoms with Crippen LogP contribution in [0.5, 0.6) is 0 Å². The molecular weight excluding hydrogens is 198 g/mol. The molecule has 0 aromatic rings. The molecule has 2 heteroatoms. The van der Waals surface area contributed by atoms with Crippen LogP contribution >= 0.6 is 0 Å². The molecule has 1 amide bonds. The van der Waals surface area contributed by atoms with Gasteiger partial charge in [-0.1, -0.05) is 6.42 Å². The van der Waals surface area contributed by atoms with Crippen LogP contribution in [0.25, 0.3) is 0 Å². The number of hydrogen-bond acceptors (Lipinski definition) is 1. The second-order valence-electron chi connectivity index (χ2n) is 5.64. The fourth-order valence-electron chi connectivity index (χ4n) is 3.45. The van der Waals surface area contributed by atoms with Crippen molar-refractivity contribution in [2.75, 3.05) is 13.1 Å². The number of amides is 1. The minimum atomic E-state index is 0.339. The zero-order valence-corrected chi connectivity index (χ0v) is 10.8. The van der Waals surface area contributed by atoms with E-state index in [0.29, 0.717) is 17.2 Å². The van der Waals surface area contributed by atoms with Crippen molar-refractivity contribution in [2.24, 2.45) is 11.3 Å². The lowest BCUT2D eigenvalue weighted by molar-refractivity contribution is -0.137. The Balaban J connectivity index is 1.85. The van der Waals surface area contributed by atoms with E-state index < -0.39 is 0 Å². The van der Waals surface area contributed by atoms with Gasteiger partial charge in [-0.15, -0.1) is 0 Å². The minimum Gasteiger partial charge on any atom is -0.343 e. The molecule has 2 nitrogen and oxygen atoms in total. The Hall–Kier alpha value is -0.530. The third kappa shape index (κ3) is 2.11. The van der Waals surface area contributed by atoms with Gasteiger partial charge in [-0.05, 0) is 57.8 Å². The van der Waals surface area contributed by atoms with Crippen LogP contribution in [0.15, 0.2) is 0 Å².